The molecular weight excluding hydrogens is 370 g/mol. The van der Waals surface area contributed by atoms with Crippen molar-refractivity contribution in [3.8, 4) is 33.6 Å². The van der Waals surface area contributed by atoms with Gasteiger partial charge in [0.1, 0.15) is 16.7 Å². The summed E-state index contributed by atoms with van der Waals surface area (Å²) in [5, 5.41) is 4.05. The van der Waals surface area contributed by atoms with Crippen LogP contribution in [0.5, 0.6) is 0 Å². The zero-order valence-electron chi connectivity index (χ0n) is 15.2. The predicted molar refractivity (Wildman–Crippen MR) is 112 cm³/mol. The summed E-state index contributed by atoms with van der Waals surface area (Å²) in [6.45, 7) is 1.03. The normalized spacial score (nSPS) is 16.5. The predicted octanol–water partition coefficient (Wildman–Crippen LogP) is 5.21. The molecule has 1 unspecified atom stereocenters. The van der Waals surface area contributed by atoms with E-state index in [0.29, 0.717) is 5.15 Å². The fourth-order valence-electron chi connectivity index (χ4n) is 3.72. The van der Waals surface area contributed by atoms with Gasteiger partial charge in [-0.05, 0) is 36.1 Å². The van der Waals surface area contributed by atoms with Gasteiger partial charge in [0.2, 0.25) is 0 Å². The van der Waals surface area contributed by atoms with Gasteiger partial charge in [-0.3, -0.25) is 0 Å². The molecule has 1 aliphatic rings. The number of benzene rings is 2. The van der Waals surface area contributed by atoms with Gasteiger partial charge < -0.3 is 15.3 Å². The number of nitrogens with one attached hydrogen (secondary N) is 3. The average molecular weight is 390 g/mol. The molecule has 0 bridgehead atoms. The van der Waals surface area contributed by atoms with Crippen molar-refractivity contribution >= 4 is 11.6 Å². The highest BCUT2D eigenvalue weighted by Crippen LogP contribution is 2.31. The van der Waals surface area contributed by atoms with Crippen molar-refractivity contribution in [3.05, 3.63) is 72.0 Å². The van der Waals surface area contributed by atoms with Crippen LogP contribution in [-0.4, -0.2) is 26.5 Å². The number of hydrogen-bond donors (Lipinski definition) is 3. The van der Waals surface area contributed by atoms with Crippen LogP contribution in [-0.2, 0) is 0 Å². The number of imidazole rings is 2. The number of nitrogens with zero attached hydrogens (tertiary/aromatic N) is 2. The second-order valence-corrected chi connectivity index (χ2v) is 7.43. The van der Waals surface area contributed by atoms with Crippen molar-refractivity contribution in [1.82, 2.24) is 25.3 Å². The van der Waals surface area contributed by atoms with Crippen molar-refractivity contribution in [2.75, 3.05) is 6.54 Å². The molecule has 1 atom stereocenters. The Hall–Kier alpha value is -2.89. The zero-order chi connectivity index (χ0) is 18.9. The van der Waals surface area contributed by atoms with Gasteiger partial charge in [0, 0.05) is 5.56 Å². The van der Waals surface area contributed by atoms with E-state index >= 15 is 0 Å². The van der Waals surface area contributed by atoms with Crippen LogP contribution >= 0.6 is 11.6 Å². The Morgan fingerprint density at radius 2 is 1.57 bits per heavy atom. The molecule has 6 heteroatoms. The SMILES string of the molecule is Clc1[nH]c(C2CCCN2)nc1-c1ccc(-c2ccc(-c3cnc[nH]3)cc2)cc1. The molecule has 0 saturated carbocycles. The summed E-state index contributed by atoms with van der Waals surface area (Å²) >= 11 is 6.43. The molecular formula is C22H20ClN5. The molecule has 3 N–H and O–H groups in total. The summed E-state index contributed by atoms with van der Waals surface area (Å²) in [6.07, 6.45) is 5.78. The number of hydrogen-bond acceptors (Lipinski definition) is 3. The van der Waals surface area contributed by atoms with Gasteiger partial charge in [-0.25, -0.2) is 9.97 Å². The molecule has 1 saturated heterocycles. The highest BCUT2D eigenvalue weighted by Gasteiger charge is 2.21. The van der Waals surface area contributed by atoms with Crippen molar-refractivity contribution in [2.45, 2.75) is 18.9 Å². The molecule has 0 aliphatic carbocycles. The molecule has 1 aliphatic heterocycles. The number of halogens is 1. The second-order valence-electron chi connectivity index (χ2n) is 7.05. The highest BCUT2D eigenvalue weighted by atomic mass is 35.5. The monoisotopic (exact) mass is 389 g/mol. The maximum atomic E-state index is 6.43. The Labute approximate surface area is 168 Å². The molecule has 2 aromatic carbocycles. The summed E-state index contributed by atoms with van der Waals surface area (Å²) in [5.74, 6) is 0.927. The standard InChI is InChI=1S/C22H20ClN5/c23-21-20(27-22(28-21)18-2-1-11-25-18)17-9-5-15(6-10-17)14-3-7-16(8-4-14)19-12-24-13-26-19/h3-10,12-13,18,25H,1-2,11H2,(H,24,26)(H,27,28). The average Bonchev–Trinajstić information content (AvgIpc) is 3.50. The lowest BCUT2D eigenvalue weighted by Gasteiger charge is -2.06. The Morgan fingerprint density at radius 3 is 2.18 bits per heavy atom. The molecule has 1 fully saturated rings. The highest BCUT2D eigenvalue weighted by molar-refractivity contribution is 6.31. The topological polar surface area (TPSA) is 69.4 Å². The van der Waals surface area contributed by atoms with Crippen molar-refractivity contribution in [1.29, 1.82) is 0 Å². The van der Waals surface area contributed by atoms with Crippen molar-refractivity contribution < 1.29 is 0 Å². The van der Waals surface area contributed by atoms with E-state index in [1.165, 1.54) is 12.0 Å². The fourth-order valence-corrected chi connectivity index (χ4v) is 3.97. The molecule has 2 aromatic heterocycles. The van der Waals surface area contributed by atoms with Crippen LogP contribution in [0.1, 0.15) is 24.7 Å². The molecule has 140 valence electrons. The van der Waals surface area contributed by atoms with Gasteiger partial charge in [-0.2, -0.15) is 0 Å². The van der Waals surface area contributed by atoms with E-state index in [9.17, 15) is 0 Å². The van der Waals surface area contributed by atoms with Gasteiger partial charge in [-0.15, -0.1) is 0 Å². The molecule has 0 spiro atoms. The van der Waals surface area contributed by atoms with Crippen molar-refractivity contribution in [2.24, 2.45) is 0 Å². The molecule has 0 amide bonds. The third kappa shape index (κ3) is 3.23. The fraction of sp³-hybridized carbons (Fsp3) is 0.182. The van der Waals surface area contributed by atoms with Gasteiger partial charge in [-0.1, -0.05) is 60.1 Å². The molecule has 5 rings (SSSR count). The van der Waals surface area contributed by atoms with Crippen LogP contribution in [0.4, 0.5) is 0 Å². The Bertz CT molecular complexity index is 1060. The summed E-state index contributed by atoms with van der Waals surface area (Å²) in [6, 6.07) is 17.1. The van der Waals surface area contributed by atoms with Gasteiger partial charge >= 0.3 is 0 Å². The first kappa shape index (κ1) is 17.2. The number of H-pyrrole nitrogens is 2. The molecule has 4 aromatic rings. The van der Waals surface area contributed by atoms with Crippen LogP contribution in [0.3, 0.4) is 0 Å². The minimum absolute atomic E-state index is 0.277. The summed E-state index contributed by atoms with van der Waals surface area (Å²) < 4.78 is 0. The molecule has 3 heterocycles. The molecule has 28 heavy (non-hydrogen) atoms. The minimum Gasteiger partial charge on any atom is -0.345 e. The maximum absolute atomic E-state index is 6.43. The Balaban J connectivity index is 1.38. The lowest BCUT2D eigenvalue weighted by molar-refractivity contribution is 0.613. The first-order chi connectivity index (χ1) is 13.8. The van der Waals surface area contributed by atoms with Gasteiger partial charge in [0.25, 0.3) is 0 Å². The van der Waals surface area contributed by atoms with E-state index in [1.807, 2.05) is 6.20 Å². The molecule has 5 nitrogen and oxygen atoms in total. The number of rotatable bonds is 4. The van der Waals surface area contributed by atoms with Crippen LogP contribution < -0.4 is 5.32 Å². The quantitative estimate of drug-likeness (QED) is 0.448. The largest absolute Gasteiger partial charge is 0.345 e. The smallest absolute Gasteiger partial charge is 0.134 e. The lowest BCUT2D eigenvalue weighted by Crippen LogP contribution is -2.14. The second kappa shape index (κ2) is 7.26. The Morgan fingerprint density at radius 1 is 0.893 bits per heavy atom. The minimum atomic E-state index is 0.277. The van der Waals surface area contributed by atoms with Crippen LogP contribution in [0, 0.1) is 0 Å². The number of aromatic amines is 2. The summed E-state index contributed by atoms with van der Waals surface area (Å²) in [5.41, 5.74) is 6.29. The van der Waals surface area contributed by atoms with E-state index in [2.05, 4.69) is 68.8 Å². The third-order valence-corrected chi connectivity index (χ3v) is 5.53. The van der Waals surface area contributed by atoms with E-state index in [-0.39, 0.29) is 6.04 Å². The first-order valence-corrected chi connectivity index (χ1v) is 9.84. The van der Waals surface area contributed by atoms with Crippen LogP contribution in [0.2, 0.25) is 5.15 Å². The molecule has 0 radical (unpaired) electrons. The van der Waals surface area contributed by atoms with E-state index in [0.717, 1.165) is 46.9 Å². The Kier molecular flexibility index (Phi) is 4.47. The first-order valence-electron chi connectivity index (χ1n) is 9.46. The van der Waals surface area contributed by atoms with Gasteiger partial charge in [0.15, 0.2) is 0 Å². The van der Waals surface area contributed by atoms with Gasteiger partial charge in [0.05, 0.1) is 24.3 Å². The lowest BCUT2D eigenvalue weighted by atomic mass is 10.0. The van der Waals surface area contributed by atoms with E-state index in [4.69, 9.17) is 16.6 Å². The number of aromatic nitrogens is 4. The third-order valence-electron chi connectivity index (χ3n) is 5.25. The maximum Gasteiger partial charge on any atom is 0.134 e. The van der Waals surface area contributed by atoms with Crippen LogP contribution in [0.15, 0.2) is 61.1 Å². The van der Waals surface area contributed by atoms with Crippen molar-refractivity contribution in [3.63, 3.8) is 0 Å². The summed E-state index contributed by atoms with van der Waals surface area (Å²) in [4.78, 5) is 15.2. The summed E-state index contributed by atoms with van der Waals surface area (Å²) in [7, 11) is 0. The van der Waals surface area contributed by atoms with E-state index < -0.39 is 0 Å². The van der Waals surface area contributed by atoms with E-state index in [1.54, 1.807) is 6.33 Å². The zero-order valence-corrected chi connectivity index (χ0v) is 16.0. The van der Waals surface area contributed by atoms with Crippen LogP contribution in [0.25, 0.3) is 33.6 Å².